The van der Waals surface area contributed by atoms with Crippen molar-refractivity contribution in [1.82, 2.24) is 0 Å². The lowest BCUT2D eigenvalue weighted by molar-refractivity contribution is 0.163. The first-order valence-electron chi connectivity index (χ1n) is 3.93. The highest BCUT2D eigenvalue weighted by molar-refractivity contribution is 6.36. The Kier molecular flexibility index (Phi) is 8.91. The van der Waals surface area contributed by atoms with E-state index in [0.29, 0.717) is 0 Å². The van der Waals surface area contributed by atoms with E-state index in [1.807, 2.05) is 36.4 Å². The zero-order valence-electron chi connectivity index (χ0n) is 8.27. The summed E-state index contributed by atoms with van der Waals surface area (Å²) in [5.41, 5.74) is 0. The molecule has 0 spiro atoms. The van der Waals surface area contributed by atoms with E-state index in [0.717, 1.165) is 0 Å². The van der Waals surface area contributed by atoms with Crippen molar-refractivity contribution in [2.75, 3.05) is 21.3 Å². The fraction of sp³-hybridized carbons (Fsp3) is 0.333. The van der Waals surface area contributed by atoms with Crippen LogP contribution in [0.1, 0.15) is 0 Å². The molecule has 0 fully saturated rings. The Balaban J connectivity index is 0.000000223. The maximum atomic E-state index is 4.74. The molecule has 0 aromatic heterocycles. The van der Waals surface area contributed by atoms with Crippen molar-refractivity contribution in [3.63, 3.8) is 0 Å². The van der Waals surface area contributed by atoms with Gasteiger partial charge in [-0.3, -0.25) is 0 Å². The first kappa shape index (κ1) is 12.3. The highest BCUT2D eigenvalue weighted by atomic mass is 28.3. The van der Waals surface area contributed by atoms with Gasteiger partial charge in [0.25, 0.3) is 0 Å². The molecule has 0 heterocycles. The van der Waals surface area contributed by atoms with Gasteiger partial charge in [0.1, 0.15) is 0 Å². The smallest absolute Gasteiger partial charge is 0.379 e. The summed E-state index contributed by atoms with van der Waals surface area (Å²) < 4.78 is 14.2. The monoisotopic (exact) mass is 200 g/mol. The summed E-state index contributed by atoms with van der Waals surface area (Å²) in [5, 5.41) is 0. The average Bonchev–Trinajstić information content (AvgIpc) is 2.24. The number of benzene rings is 1. The Hall–Kier alpha value is -0.683. The van der Waals surface area contributed by atoms with Gasteiger partial charge >= 0.3 is 9.53 Å². The van der Waals surface area contributed by atoms with E-state index in [9.17, 15) is 0 Å². The summed E-state index contributed by atoms with van der Waals surface area (Å²) in [6, 6.07) is 12.0. The third kappa shape index (κ3) is 7.67. The number of hydrogen-bond donors (Lipinski definition) is 0. The van der Waals surface area contributed by atoms with Crippen LogP contribution in [0.25, 0.3) is 0 Å². The van der Waals surface area contributed by atoms with Gasteiger partial charge < -0.3 is 13.3 Å². The molecule has 3 nitrogen and oxygen atoms in total. The average molecular weight is 200 g/mol. The molecule has 1 rings (SSSR count). The minimum atomic E-state index is -1.67. The Morgan fingerprint density at radius 1 is 0.615 bits per heavy atom. The Labute approximate surface area is 81.2 Å². The number of hydrogen-bond acceptors (Lipinski definition) is 3. The van der Waals surface area contributed by atoms with Gasteiger partial charge in [0, 0.05) is 21.3 Å². The second kappa shape index (κ2) is 9.41. The quantitative estimate of drug-likeness (QED) is 0.689. The van der Waals surface area contributed by atoms with Crippen molar-refractivity contribution in [1.29, 1.82) is 0 Å². The highest BCUT2D eigenvalue weighted by Gasteiger charge is 2.04. The Bertz CT molecular complexity index is 145. The second-order valence-electron chi connectivity index (χ2n) is 2.15. The fourth-order valence-electron chi connectivity index (χ4n) is 0.674. The molecule has 0 aliphatic rings. The summed E-state index contributed by atoms with van der Waals surface area (Å²) >= 11 is 0. The first-order chi connectivity index (χ1) is 6.35. The summed E-state index contributed by atoms with van der Waals surface area (Å²) in [7, 11) is 3.05. The van der Waals surface area contributed by atoms with Crippen LogP contribution in [0.2, 0.25) is 0 Å². The predicted molar refractivity (Wildman–Crippen MR) is 54.6 cm³/mol. The van der Waals surface area contributed by atoms with E-state index in [1.165, 1.54) is 0 Å². The molecule has 0 atom stereocenters. The van der Waals surface area contributed by atoms with Crippen LogP contribution in [0.4, 0.5) is 0 Å². The van der Waals surface area contributed by atoms with Gasteiger partial charge in [-0.2, -0.15) is 0 Å². The predicted octanol–water partition coefficient (Wildman–Crippen LogP) is 1.33. The molecule has 0 saturated heterocycles. The van der Waals surface area contributed by atoms with Gasteiger partial charge in [-0.15, -0.1) is 0 Å². The molecule has 0 aliphatic carbocycles. The van der Waals surface area contributed by atoms with E-state index in [1.54, 1.807) is 21.3 Å². The van der Waals surface area contributed by atoms with E-state index >= 15 is 0 Å². The Morgan fingerprint density at radius 2 is 0.846 bits per heavy atom. The van der Waals surface area contributed by atoms with Crippen molar-refractivity contribution in [3.8, 4) is 0 Å². The van der Waals surface area contributed by atoms with Crippen LogP contribution in [-0.2, 0) is 13.3 Å². The van der Waals surface area contributed by atoms with E-state index in [-0.39, 0.29) is 0 Å². The van der Waals surface area contributed by atoms with Crippen molar-refractivity contribution < 1.29 is 13.3 Å². The van der Waals surface area contributed by atoms with Crippen LogP contribution in [0.15, 0.2) is 36.4 Å². The lowest BCUT2D eigenvalue weighted by atomic mass is 10.4. The van der Waals surface area contributed by atoms with Gasteiger partial charge in [-0.1, -0.05) is 36.4 Å². The SMILES string of the molecule is CO[SiH](OC)OC.c1ccccc1. The molecule has 13 heavy (non-hydrogen) atoms. The summed E-state index contributed by atoms with van der Waals surface area (Å²) in [5.74, 6) is 0. The van der Waals surface area contributed by atoms with Gasteiger partial charge in [0.05, 0.1) is 0 Å². The molecule has 0 aliphatic heterocycles. The van der Waals surface area contributed by atoms with Crippen molar-refractivity contribution in [2.24, 2.45) is 0 Å². The van der Waals surface area contributed by atoms with E-state index in [2.05, 4.69) is 0 Å². The van der Waals surface area contributed by atoms with Crippen LogP contribution >= 0.6 is 0 Å². The summed E-state index contributed by atoms with van der Waals surface area (Å²) in [6.07, 6.45) is 0. The van der Waals surface area contributed by atoms with E-state index in [4.69, 9.17) is 13.3 Å². The zero-order valence-corrected chi connectivity index (χ0v) is 9.42. The minimum absolute atomic E-state index is 1.57. The fourth-order valence-corrected chi connectivity index (χ4v) is 1.25. The van der Waals surface area contributed by atoms with Crippen molar-refractivity contribution >= 4 is 9.53 Å². The molecule has 0 bridgehead atoms. The first-order valence-corrected chi connectivity index (χ1v) is 5.35. The van der Waals surface area contributed by atoms with Gasteiger partial charge in [0.15, 0.2) is 0 Å². The van der Waals surface area contributed by atoms with E-state index < -0.39 is 9.53 Å². The maximum Gasteiger partial charge on any atom is 0.483 e. The lowest BCUT2D eigenvalue weighted by Gasteiger charge is -2.05. The largest absolute Gasteiger partial charge is 0.483 e. The summed E-state index contributed by atoms with van der Waals surface area (Å²) in [6.45, 7) is 0. The normalized spacial score (nSPS) is 9.23. The van der Waals surface area contributed by atoms with Crippen LogP contribution < -0.4 is 0 Å². The third-order valence-corrected chi connectivity index (χ3v) is 2.40. The molecular weight excluding hydrogens is 184 g/mol. The third-order valence-electron chi connectivity index (χ3n) is 1.24. The van der Waals surface area contributed by atoms with Crippen LogP contribution in [0, 0.1) is 0 Å². The van der Waals surface area contributed by atoms with Gasteiger partial charge in [-0.05, 0) is 0 Å². The molecule has 0 saturated carbocycles. The maximum absolute atomic E-state index is 4.74. The van der Waals surface area contributed by atoms with Crippen LogP contribution in [0.3, 0.4) is 0 Å². The molecule has 0 radical (unpaired) electrons. The molecule has 4 heteroatoms. The second-order valence-corrected chi connectivity index (χ2v) is 4.14. The molecule has 74 valence electrons. The lowest BCUT2D eigenvalue weighted by Crippen LogP contribution is -2.21. The standard InChI is InChI=1S/C6H6.C3H10O3Si/c1-2-4-6-5-3-1;1-4-7(5-2)6-3/h1-6H;7H,1-3H3. The minimum Gasteiger partial charge on any atom is -0.379 e. The summed E-state index contributed by atoms with van der Waals surface area (Å²) in [4.78, 5) is 0. The Morgan fingerprint density at radius 3 is 0.923 bits per heavy atom. The van der Waals surface area contributed by atoms with Crippen molar-refractivity contribution in [3.05, 3.63) is 36.4 Å². The van der Waals surface area contributed by atoms with Crippen LogP contribution in [-0.4, -0.2) is 30.9 Å². The van der Waals surface area contributed by atoms with Crippen molar-refractivity contribution in [2.45, 2.75) is 0 Å². The zero-order chi connectivity index (χ0) is 9.94. The van der Waals surface area contributed by atoms with Gasteiger partial charge in [-0.25, -0.2) is 0 Å². The topological polar surface area (TPSA) is 27.7 Å². The van der Waals surface area contributed by atoms with Crippen LogP contribution in [0.5, 0.6) is 0 Å². The van der Waals surface area contributed by atoms with Gasteiger partial charge in [0.2, 0.25) is 0 Å². The molecule has 1 aromatic carbocycles. The molecule has 0 N–H and O–H groups in total. The highest BCUT2D eigenvalue weighted by Crippen LogP contribution is 1.81. The molecule has 1 aromatic rings. The molecular formula is C9H16O3Si. The number of rotatable bonds is 3. The molecule has 0 amide bonds. The molecule has 0 unspecified atom stereocenters.